The number of cyclic esters (lactones) is 1. The van der Waals surface area contributed by atoms with Crippen LogP contribution < -0.4 is 9.47 Å². The van der Waals surface area contributed by atoms with Gasteiger partial charge in [0, 0.05) is 6.08 Å². The maximum absolute atomic E-state index is 12.3. The molecule has 6 nitrogen and oxygen atoms in total. The van der Waals surface area contributed by atoms with Crippen molar-refractivity contribution >= 4 is 23.6 Å². The molecule has 2 aromatic carbocycles. The lowest BCUT2D eigenvalue weighted by Crippen LogP contribution is -2.34. The van der Waals surface area contributed by atoms with Gasteiger partial charge in [-0.1, -0.05) is 42.5 Å². The predicted molar refractivity (Wildman–Crippen MR) is 106 cm³/mol. The standard InChI is InChI=1S/C23H20O6/c1-15-12-19(25)22(23(26)29-15)18(24)10-8-16-9-11-20(21(13-16)27-2)28-14-17-6-4-3-5-7-17/h3-13,22H,14H2,1-2H3/b10-8+/t22-/m1/s1. The average molecular weight is 392 g/mol. The second kappa shape index (κ2) is 9.01. The minimum atomic E-state index is -1.45. The van der Waals surface area contributed by atoms with Crippen molar-refractivity contribution in [2.75, 3.05) is 7.11 Å². The first kappa shape index (κ1) is 20.1. The van der Waals surface area contributed by atoms with E-state index in [2.05, 4.69) is 0 Å². The summed E-state index contributed by atoms with van der Waals surface area (Å²) in [5, 5.41) is 0. The molecule has 0 N–H and O–H groups in total. The molecule has 0 saturated heterocycles. The van der Waals surface area contributed by atoms with Crippen LogP contribution in [-0.4, -0.2) is 24.6 Å². The Bertz CT molecular complexity index is 988. The molecule has 0 bridgehead atoms. The van der Waals surface area contributed by atoms with E-state index in [0.717, 1.165) is 11.6 Å². The first-order chi connectivity index (χ1) is 14.0. The number of ether oxygens (including phenoxy) is 3. The van der Waals surface area contributed by atoms with Gasteiger partial charge in [0.05, 0.1) is 7.11 Å². The molecule has 0 aromatic heterocycles. The lowest BCUT2D eigenvalue weighted by Gasteiger charge is -2.15. The molecule has 148 valence electrons. The highest BCUT2D eigenvalue weighted by Crippen LogP contribution is 2.29. The largest absolute Gasteiger partial charge is 0.493 e. The fourth-order valence-electron chi connectivity index (χ4n) is 2.82. The van der Waals surface area contributed by atoms with Crippen molar-refractivity contribution in [1.82, 2.24) is 0 Å². The SMILES string of the molecule is COc1cc(/C=C/C(=O)[C@@H]2C(=O)C=C(C)OC2=O)ccc1OCc1ccccc1. The van der Waals surface area contributed by atoms with E-state index in [9.17, 15) is 14.4 Å². The van der Waals surface area contributed by atoms with Gasteiger partial charge < -0.3 is 14.2 Å². The van der Waals surface area contributed by atoms with Crippen molar-refractivity contribution in [3.05, 3.63) is 77.6 Å². The normalized spacial score (nSPS) is 16.3. The second-order valence-corrected chi connectivity index (χ2v) is 6.43. The van der Waals surface area contributed by atoms with Crippen molar-refractivity contribution in [2.45, 2.75) is 13.5 Å². The Morgan fingerprint density at radius 1 is 1.10 bits per heavy atom. The molecule has 0 spiro atoms. The molecule has 1 aliphatic heterocycles. The lowest BCUT2D eigenvalue weighted by atomic mass is 9.96. The third-order valence-corrected chi connectivity index (χ3v) is 4.28. The predicted octanol–water partition coefficient (Wildman–Crippen LogP) is 3.50. The van der Waals surface area contributed by atoms with E-state index < -0.39 is 23.5 Å². The Balaban J connectivity index is 1.70. The van der Waals surface area contributed by atoms with Crippen LogP contribution in [0.2, 0.25) is 0 Å². The number of carbonyl (C=O) groups excluding carboxylic acids is 3. The quantitative estimate of drug-likeness (QED) is 0.408. The molecule has 1 atom stereocenters. The first-order valence-corrected chi connectivity index (χ1v) is 8.98. The molecule has 6 heteroatoms. The number of benzene rings is 2. The molecule has 29 heavy (non-hydrogen) atoms. The van der Waals surface area contributed by atoms with E-state index in [4.69, 9.17) is 14.2 Å². The van der Waals surface area contributed by atoms with E-state index in [-0.39, 0.29) is 5.76 Å². The monoisotopic (exact) mass is 392 g/mol. The summed E-state index contributed by atoms with van der Waals surface area (Å²) in [7, 11) is 1.52. The number of allylic oxidation sites excluding steroid dienone is 3. The molecular formula is C23H20O6. The number of methoxy groups -OCH3 is 1. The first-order valence-electron chi connectivity index (χ1n) is 8.98. The summed E-state index contributed by atoms with van der Waals surface area (Å²) in [6, 6.07) is 14.9. The van der Waals surface area contributed by atoms with E-state index in [1.54, 1.807) is 18.2 Å². The maximum atomic E-state index is 12.3. The summed E-state index contributed by atoms with van der Waals surface area (Å²) in [6.07, 6.45) is 3.86. The van der Waals surface area contributed by atoms with Crippen LogP contribution in [-0.2, 0) is 25.7 Å². The van der Waals surface area contributed by atoms with Gasteiger partial charge in [-0.25, -0.2) is 0 Å². The smallest absolute Gasteiger partial charge is 0.329 e. The van der Waals surface area contributed by atoms with Crippen LogP contribution in [0.1, 0.15) is 18.1 Å². The van der Waals surface area contributed by atoms with Crippen LogP contribution in [0.4, 0.5) is 0 Å². The van der Waals surface area contributed by atoms with Crippen LogP contribution in [0.25, 0.3) is 6.08 Å². The van der Waals surface area contributed by atoms with Crippen molar-refractivity contribution < 1.29 is 28.6 Å². The third kappa shape index (κ3) is 4.99. The Morgan fingerprint density at radius 3 is 2.55 bits per heavy atom. The summed E-state index contributed by atoms with van der Waals surface area (Å²) in [5.74, 6) is -2.27. The van der Waals surface area contributed by atoms with Gasteiger partial charge in [0.15, 0.2) is 29.0 Å². The minimum absolute atomic E-state index is 0.184. The molecule has 0 saturated carbocycles. The number of ketones is 2. The van der Waals surface area contributed by atoms with Gasteiger partial charge in [-0.15, -0.1) is 0 Å². The fourth-order valence-corrected chi connectivity index (χ4v) is 2.82. The fraction of sp³-hybridized carbons (Fsp3) is 0.174. The van der Waals surface area contributed by atoms with Crippen LogP contribution >= 0.6 is 0 Å². The summed E-state index contributed by atoms with van der Waals surface area (Å²) in [5.41, 5.74) is 1.68. The summed E-state index contributed by atoms with van der Waals surface area (Å²) >= 11 is 0. The molecule has 1 aliphatic rings. The molecule has 0 fully saturated rings. The zero-order valence-corrected chi connectivity index (χ0v) is 16.1. The van der Waals surface area contributed by atoms with Crippen LogP contribution in [0, 0.1) is 5.92 Å². The van der Waals surface area contributed by atoms with Crippen molar-refractivity contribution in [3.63, 3.8) is 0 Å². The number of hydrogen-bond acceptors (Lipinski definition) is 6. The highest BCUT2D eigenvalue weighted by molar-refractivity contribution is 6.25. The van der Waals surface area contributed by atoms with Crippen molar-refractivity contribution in [1.29, 1.82) is 0 Å². The molecule has 2 aromatic rings. The van der Waals surface area contributed by atoms with Gasteiger partial charge in [-0.3, -0.25) is 14.4 Å². The van der Waals surface area contributed by atoms with E-state index in [0.29, 0.717) is 23.7 Å². The number of hydrogen-bond donors (Lipinski definition) is 0. The van der Waals surface area contributed by atoms with Gasteiger partial charge in [0.25, 0.3) is 0 Å². The Labute approximate surface area is 168 Å². The molecule has 0 aliphatic carbocycles. The molecular weight excluding hydrogens is 372 g/mol. The topological polar surface area (TPSA) is 78.9 Å². The van der Waals surface area contributed by atoms with E-state index in [1.165, 1.54) is 26.2 Å². The van der Waals surface area contributed by atoms with Crippen LogP contribution in [0.5, 0.6) is 11.5 Å². The highest BCUT2D eigenvalue weighted by atomic mass is 16.5. The highest BCUT2D eigenvalue weighted by Gasteiger charge is 2.36. The Kier molecular flexibility index (Phi) is 6.24. The van der Waals surface area contributed by atoms with Crippen molar-refractivity contribution in [2.24, 2.45) is 5.92 Å². The van der Waals surface area contributed by atoms with E-state index >= 15 is 0 Å². The molecule has 1 heterocycles. The molecule has 0 radical (unpaired) electrons. The number of carbonyl (C=O) groups is 3. The summed E-state index contributed by atoms with van der Waals surface area (Å²) < 4.78 is 16.0. The van der Waals surface area contributed by atoms with Gasteiger partial charge in [0.2, 0.25) is 0 Å². The van der Waals surface area contributed by atoms with Gasteiger partial charge in [-0.2, -0.15) is 0 Å². The van der Waals surface area contributed by atoms with Crippen LogP contribution in [0.3, 0.4) is 0 Å². The van der Waals surface area contributed by atoms with E-state index in [1.807, 2.05) is 30.3 Å². The average Bonchev–Trinajstić information content (AvgIpc) is 2.71. The third-order valence-electron chi connectivity index (χ3n) is 4.28. The zero-order chi connectivity index (χ0) is 20.8. The maximum Gasteiger partial charge on any atom is 0.329 e. The van der Waals surface area contributed by atoms with Crippen LogP contribution in [0.15, 0.2) is 66.4 Å². The number of rotatable bonds is 7. The number of esters is 1. The molecule has 0 amide bonds. The van der Waals surface area contributed by atoms with Crippen molar-refractivity contribution in [3.8, 4) is 11.5 Å². The molecule has 0 unspecified atom stereocenters. The summed E-state index contributed by atoms with van der Waals surface area (Å²) in [6.45, 7) is 1.88. The summed E-state index contributed by atoms with van der Waals surface area (Å²) in [4.78, 5) is 36.0. The van der Waals surface area contributed by atoms with Gasteiger partial charge >= 0.3 is 5.97 Å². The second-order valence-electron chi connectivity index (χ2n) is 6.43. The van der Waals surface area contributed by atoms with Gasteiger partial charge in [-0.05, 0) is 36.3 Å². The lowest BCUT2D eigenvalue weighted by molar-refractivity contribution is -0.151. The molecule has 3 rings (SSSR count). The Morgan fingerprint density at radius 2 is 1.86 bits per heavy atom. The minimum Gasteiger partial charge on any atom is -0.493 e. The zero-order valence-electron chi connectivity index (χ0n) is 16.1. The van der Waals surface area contributed by atoms with Gasteiger partial charge in [0.1, 0.15) is 12.4 Å². The Hall–Kier alpha value is -3.67.